The number of amides is 1. The number of phenolic OH excluding ortho intramolecular Hbond substituents is 1. The predicted octanol–water partition coefficient (Wildman–Crippen LogP) is 6.30. The summed E-state index contributed by atoms with van der Waals surface area (Å²) in [5, 5.41) is 15.2. The molecular formula is C30H33N3O2. The summed E-state index contributed by atoms with van der Waals surface area (Å²) in [4.78, 5) is 14.7. The SMILES string of the molecule is CCN(CC)C(=O)c1ccc(C(c2cccc(O)c2)n2nc(C)c(-c3cccc(C)c3)c2C)cc1. The highest BCUT2D eigenvalue weighted by molar-refractivity contribution is 5.94. The summed E-state index contributed by atoms with van der Waals surface area (Å²) in [7, 11) is 0. The third kappa shape index (κ3) is 4.85. The quantitative estimate of drug-likeness (QED) is 0.347. The Morgan fingerprint density at radius 2 is 1.60 bits per heavy atom. The van der Waals surface area contributed by atoms with Gasteiger partial charge in [0, 0.05) is 29.9 Å². The molecule has 1 unspecified atom stereocenters. The second-order valence-corrected chi connectivity index (χ2v) is 8.96. The van der Waals surface area contributed by atoms with E-state index in [0.717, 1.165) is 33.6 Å². The fourth-order valence-corrected chi connectivity index (χ4v) is 4.80. The van der Waals surface area contributed by atoms with Crippen molar-refractivity contribution in [2.45, 2.75) is 40.7 Å². The van der Waals surface area contributed by atoms with Crippen LogP contribution < -0.4 is 0 Å². The summed E-state index contributed by atoms with van der Waals surface area (Å²) < 4.78 is 2.03. The topological polar surface area (TPSA) is 58.4 Å². The molecule has 4 aromatic rings. The maximum absolute atomic E-state index is 12.8. The summed E-state index contributed by atoms with van der Waals surface area (Å²) in [6.07, 6.45) is 0. The van der Waals surface area contributed by atoms with Gasteiger partial charge < -0.3 is 10.0 Å². The fraction of sp³-hybridized carbons (Fsp3) is 0.267. The zero-order valence-corrected chi connectivity index (χ0v) is 21.1. The zero-order chi connectivity index (χ0) is 25.1. The van der Waals surface area contributed by atoms with E-state index in [1.807, 2.05) is 66.8 Å². The number of hydrogen-bond acceptors (Lipinski definition) is 3. The smallest absolute Gasteiger partial charge is 0.253 e. The molecule has 1 amide bonds. The molecule has 1 heterocycles. The monoisotopic (exact) mass is 467 g/mol. The van der Waals surface area contributed by atoms with Crippen LogP contribution in [-0.4, -0.2) is 38.8 Å². The first kappa shape index (κ1) is 24.3. The molecular weight excluding hydrogens is 434 g/mol. The van der Waals surface area contributed by atoms with E-state index in [1.54, 1.807) is 12.1 Å². The third-order valence-electron chi connectivity index (χ3n) is 6.59. The molecule has 0 aliphatic carbocycles. The molecule has 0 fully saturated rings. The van der Waals surface area contributed by atoms with Gasteiger partial charge in [0.25, 0.3) is 5.91 Å². The first-order valence-corrected chi connectivity index (χ1v) is 12.1. The molecule has 1 N–H and O–H groups in total. The molecule has 3 aromatic carbocycles. The van der Waals surface area contributed by atoms with Gasteiger partial charge in [-0.05, 0) is 75.6 Å². The standard InChI is InChI=1S/C30H33N3O2/c1-6-32(7-2)30(35)24-16-14-23(15-17-24)29(26-12-9-13-27(34)19-26)33-22(5)28(21(4)31-33)25-11-8-10-20(3)18-25/h8-19,29,34H,6-7H2,1-5H3. The van der Waals surface area contributed by atoms with Gasteiger partial charge in [0.15, 0.2) is 0 Å². The molecule has 4 rings (SSSR count). The van der Waals surface area contributed by atoms with Crippen LogP contribution >= 0.6 is 0 Å². The number of nitrogens with zero attached hydrogens (tertiary/aromatic N) is 3. The molecule has 180 valence electrons. The number of phenols is 1. The van der Waals surface area contributed by atoms with E-state index in [9.17, 15) is 9.90 Å². The van der Waals surface area contributed by atoms with Crippen molar-refractivity contribution >= 4 is 5.91 Å². The van der Waals surface area contributed by atoms with Gasteiger partial charge in [-0.2, -0.15) is 5.10 Å². The van der Waals surface area contributed by atoms with Crippen molar-refractivity contribution in [2.24, 2.45) is 0 Å². The molecule has 1 aromatic heterocycles. The molecule has 0 bridgehead atoms. The van der Waals surface area contributed by atoms with Gasteiger partial charge in [0.1, 0.15) is 11.8 Å². The minimum Gasteiger partial charge on any atom is -0.508 e. The molecule has 0 saturated heterocycles. The van der Waals surface area contributed by atoms with Crippen molar-refractivity contribution in [1.82, 2.24) is 14.7 Å². The van der Waals surface area contributed by atoms with Crippen LogP contribution in [-0.2, 0) is 0 Å². The average Bonchev–Trinajstić information content (AvgIpc) is 3.14. The van der Waals surface area contributed by atoms with E-state index in [4.69, 9.17) is 5.10 Å². The number of rotatable bonds is 7. The molecule has 35 heavy (non-hydrogen) atoms. The van der Waals surface area contributed by atoms with Gasteiger partial charge in [-0.15, -0.1) is 0 Å². The lowest BCUT2D eigenvalue weighted by molar-refractivity contribution is 0.0773. The van der Waals surface area contributed by atoms with Crippen LogP contribution in [0.25, 0.3) is 11.1 Å². The number of benzene rings is 3. The van der Waals surface area contributed by atoms with Gasteiger partial charge in [-0.3, -0.25) is 9.48 Å². The fourth-order valence-electron chi connectivity index (χ4n) is 4.80. The van der Waals surface area contributed by atoms with Crippen LogP contribution in [0, 0.1) is 20.8 Å². The minimum atomic E-state index is -0.253. The molecule has 0 aliphatic heterocycles. The van der Waals surface area contributed by atoms with Crippen molar-refractivity contribution in [1.29, 1.82) is 0 Å². The van der Waals surface area contributed by atoms with Crippen molar-refractivity contribution in [3.05, 3.63) is 106 Å². The van der Waals surface area contributed by atoms with E-state index in [1.165, 1.54) is 5.56 Å². The predicted molar refractivity (Wildman–Crippen MR) is 141 cm³/mol. The van der Waals surface area contributed by atoms with Crippen molar-refractivity contribution in [3.63, 3.8) is 0 Å². The highest BCUT2D eigenvalue weighted by atomic mass is 16.3. The summed E-state index contributed by atoms with van der Waals surface area (Å²) in [6.45, 7) is 11.5. The van der Waals surface area contributed by atoms with Crippen molar-refractivity contribution in [2.75, 3.05) is 13.1 Å². The first-order chi connectivity index (χ1) is 16.8. The number of carbonyl (C=O) groups is 1. The van der Waals surface area contributed by atoms with E-state index < -0.39 is 0 Å². The maximum atomic E-state index is 12.8. The lowest BCUT2D eigenvalue weighted by atomic mass is 9.96. The summed E-state index contributed by atoms with van der Waals surface area (Å²) >= 11 is 0. The van der Waals surface area contributed by atoms with Gasteiger partial charge >= 0.3 is 0 Å². The highest BCUT2D eigenvalue weighted by Crippen LogP contribution is 2.35. The summed E-state index contributed by atoms with van der Waals surface area (Å²) in [6, 6.07) is 23.3. The Balaban J connectivity index is 1.83. The van der Waals surface area contributed by atoms with E-state index in [2.05, 4.69) is 38.1 Å². The molecule has 0 spiro atoms. The average molecular weight is 468 g/mol. The second-order valence-electron chi connectivity index (χ2n) is 8.96. The molecule has 1 atom stereocenters. The van der Waals surface area contributed by atoms with Crippen LogP contribution in [0.1, 0.15) is 58.3 Å². The Bertz CT molecular complexity index is 1330. The van der Waals surface area contributed by atoms with Crippen LogP contribution in [0.4, 0.5) is 0 Å². The van der Waals surface area contributed by atoms with Gasteiger partial charge in [-0.25, -0.2) is 0 Å². The highest BCUT2D eigenvalue weighted by Gasteiger charge is 2.24. The van der Waals surface area contributed by atoms with E-state index >= 15 is 0 Å². The van der Waals surface area contributed by atoms with Gasteiger partial charge in [-0.1, -0.05) is 54.1 Å². The molecule has 0 saturated carbocycles. The van der Waals surface area contributed by atoms with Gasteiger partial charge in [0.05, 0.1) is 5.69 Å². The lowest BCUT2D eigenvalue weighted by Crippen LogP contribution is -2.30. The number of aryl methyl sites for hydroxylation is 2. The maximum Gasteiger partial charge on any atom is 0.253 e. The van der Waals surface area contributed by atoms with E-state index in [0.29, 0.717) is 18.7 Å². The normalized spacial score (nSPS) is 11.9. The Hall–Kier alpha value is -3.86. The summed E-state index contributed by atoms with van der Waals surface area (Å²) in [5.74, 6) is 0.240. The Labute approximate surface area is 207 Å². The second kappa shape index (κ2) is 10.2. The Morgan fingerprint density at radius 1 is 0.914 bits per heavy atom. The van der Waals surface area contributed by atoms with Crippen LogP contribution in [0.2, 0.25) is 0 Å². The van der Waals surface area contributed by atoms with Crippen molar-refractivity contribution in [3.8, 4) is 16.9 Å². The first-order valence-electron chi connectivity index (χ1n) is 12.1. The van der Waals surface area contributed by atoms with Gasteiger partial charge in [0.2, 0.25) is 0 Å². The number of aromatic nitrogens is 2. The summed E-state index contributed by atoms with van der Waals surface area (Å²) in [5.41, 5.74) is 8.04. The number of hydrogen-bond donors (Lipinski definition) is 1. The third-order valence-corrected chi connectivity index (χ3v) is 6.59. The van der Waals surface area contributed by atoms with Crippen LogP contribution in [0.15, 0.2) is 72.8 Å². The largest absolute Gasteiger partial charge is 0.508 e. The lowest BCUT2D eigenvalue weighted by Gasteiger charge is -2.22. The number of aromatic hydroxyl groups is 1. The van der Waals surface area contributed by atoms with Crippen LogP contribution in [0.5, 0.6) is 5.75 Å². The Morgan fingerprint density at radius 3 is 2.23 bits per heavy atom. The molecule has 5 heteroatoms. The zero-order valence-electron chi connectivity index (χ0n) is 21.1. The molecule has 0 aliphatic rings. The van der Waals surface area contributed by atoms with Crippen molar-refractivity contribution < 1.29 is 9.90 Å². The van der Waals surface area contributed by atoms with Crippen LogP contribution in [0.3, 0.4) is 0 Å². The number of carbonyl (C=O) groups excluding carboxylic acids is 1. The van der Waals surface area contributed by atoms with E-state index in [-0.39, 0.29) is 17.7 Å². The minimum absolute atomic E-state index is 0.0308. The molecule has 5 nitrogen and oxygen atoms in total. The molecule has 0 radical (unpaired) electrons. The Kier molecular flexibility index (Phi) is 7.06.